The molecule has 1 aliphatic rings. The van der Waals surface area contributed by atoms with Gasteiger partial charge in [0.15, 0.2) is 5.78 Å². The molecule has 2 atom stereocenters. The van der Waals surface area contributed by atoms with Gasteiger partial charge in [-0.1, -0.05) is 84.4 Å². The molecule has 38 heavy (non-hydrogen) atoms. The van der Waals surface area contributed by atoms with Gasteiger partial charge in [-0.25, -0.2) is 4.79 Å². The smallest absolute Gasteiger partial charge is 0.339 e. The van der Waals surface area contributed by atoms with E-state index in [0.29, 0.717) is 27.4 Å². The number of anilines is 1. The summed E-state index contributed by atoms with van der Waals surface area (Å²) in [6.07, 6.45) is -1.25. The molecule has 5 rings (SSSR count). The van der Waals surface area contributed by atoms with E-state index in [1.807, 2.05) is 30.3 Å². The monoisotopic (exact) mass is 523 g/mol. The molecule has 1 heterocycles. The molecular weight excluding hydrogens is 502 g/mol. The average Bonchev–Trinajstić information content (AvgIpc) is 3.26. The quantitative estimate of drug-likeness (QED) is 0.134. The number of rotatable bonds is 7. The first kappa shape index (κ1) is 25.1. The van der Waals surface area contributed by atoms with Crippen molar-refractivity contribution in [2.24, 2.45) is 5.92 Å². The lowest BCUT2D eigenvalue weighted by molar-refractivity contribution is -0.138. The number of esters is 1. The molecule has 4 aromatic carbocycles. The van der Waals surface area contributed by atoms with E-state index < -0.39 is 35.5 Å². The summed E-state index contributed by atoms with van der Waals surface area (Å²) in [6.45, 7) is 1.74. The van der Waals surface area contributed by atoms with Crippen molar-refractivity contribution in [2.75, 3.05) is 5.32 Å². The van der Waals surface area contributed by atoms with Crippen molar-refractivity contribution in [3.63, 3.8) is 0 Å². The van der Waals surface area contributed by atoms with Crippen LogP contribution in [-0.4, -0.2) is 23.4 Å². The number of benzene rings is 4. The zero-order chi connectivity index (χ0) is 26.8. The Kier molecular flexibility index (Phi) is 6.90. The van der Waals surface area contributed by atoms with Gasteiger partial charge in [-0.15, -0.1) is 0 Å². The molecular formula is C31H22ClNO5. The number of carbonyl (C=O) groups excluding carboxylic acids is 4. The minimum absolute atomic E-state index is 0.243. The number of nitrogens with one attached hydrogen (secondary N) is 1. The molecule has 0 fully saturated rings. The van der Waals surface area contributed by atoms with Gasteiger partial charge in [-0.3, -0.25) is 14.4 Å². The van der Waals surface area contributed by atoms with Crippen molar-refractivity contribution in [2.45, 2.75) is 13.0 Å². The zero-order valence-electron chi connectivity index (χ0n) is 20.3. The maximum absolute atomic E-state index is 14.1. The number of hydrogen-bond acceptors (Lipinski definition) is 5. The predicted molar refractivity (Wildman–Crippen MR) is 144 cm³/mol. The summed E-state index contributed by atoms with van der Waals surface area (Å²) < 4.78 is 5.57. The molecule has 0 spiro atoms. The molecule has 7 heteroatoms. The highest BCUT2D eigenvalue weighted by atomic mass is 35.5. The van der Waals surface area contributed by atoms with Crippen molar-refractivity contribution in [1.29, 1.82) is 0 Å². The van der Waals surface area contributed by atoms with Crippen LogP contribution in [0.5, 0.6) is 0 Å². The second-order valence-electron chi connectivity index (χ2n) is 8.94. The van der Waals surface area contributed by atoms with E-state index >= 15 is 0 Å². The average molecular weight is 524 g/mol. The van der Waals surface area contributed by atoms with Crippen LogP contribution in [0.15, 0.2) is 97.1 Å². The topological polar surface area (TPSA) is 89.5 Å². The summed E-state index contributed by atoms with van der Waals surface area (Å²) in [5.41, 5.74) is 3.29. The van der Waals surface area contributed by atoms with Crippen LogP contribution < -0.4 is 5.32 Å². The molecule has 4 aromatic rings. The number of halogens is 1. The fraction of sp³-hybridized carbons (Fsp3) is 0.0968. The molecule has 0 radical (unpaired) electrons. The van der Waals surface area contributed by atoms with Crippen molar-refractivity contribution in [1.82, 2.24) is 0 Å². The molecule has 1 aliphatic heterocycles. The van der Waals surface area contributed by atoms with E-state index in [-0.39, 0.29) is 11.1 Å². The molecule has 0 aromatic heterocycles. The number of hydrogen-bond donors (Lipinski definition) is 1. The van der Waals surface area contributed by atoms with Crippen LogP contribution in [0.4, 0.5) is 5.69 Å². The largest absolute Gasteiger partial charge is 0.453 e. The maximum atomic E-state index is 14.1. The maximum Gasteiger partial charge on any atom is 0.339 e. The van der Waals surface area contributed by atoms with E-state index in [4.69, 9.17) is 16.3 Å². The van der Waals surface area contributed by atoms with Crippen LogP contribution in [0.3, 0.4) is 0 Å². The van der Waals surface area contributed by atoms with E-state index in [9.17, 15) is 19.2 Å². The van der Waals surface area contributed by atoms with Gasteiger partial charge in [0, 0.05) is 21.8 Å². The third kappa shape index (κ3) is 4.74. The highest BCUT2D eigenvalue weighted by Crippen LogP contribution is 2.39. The van der Waals surface area contributed by atoms with Gasteiger partial charge in [0.25, 0.3) is 5.91 Å². The van der Waals surface area contributed by atoms with E-state index in [2.05, 4.69) is 5.32 Å². The van der Waals surface area contributed by atoms with Crippen molar-refractivity contribution >= 4 is 40.7 Å². The highest BCUT2D eigenvalue weighted by Gasteiger charge is 2.46. The minimum Gasteiger partial charge on any atom is -0.453 e. The van der Waals surface area contributed by atoms with Gasteiger partial charge in [0.05, 0.1) is 5.56 Å². The Morgan fingerprint density at radius 2 is 1.50 bits per heavy atom. The number of aryl methyl sites for hydroxylation is 1. The number of fused-ring (bicyclic) bond motifs is 1. The number of cyclic esters (lactones) is 1. The van der Waals surface area contributed by atoms with Crippen LogP contribution in [0.25, 0.3) is 11.1 Å². The zero-order valence-corrected chi connectivity index (χ0v) is 21.1. The van der Waals surface area contributed by atoms with E-state index in [1.54, 1.807) is 73.7 Å². The summed E-state index contributed by atoms with van der Waals surface area (Å²) in [6, 6.07) is 27.5. The van der Waals surface area contributed by atoms with Crippen LogP contribution in [-0.2, 0) is 14.3 Å². The third-order valence-electron chi connectivity index (χ3n) is 6.53. The van der Waals surface area contributed by atoms with Gasteiger partial charge >= 0.3 is 5.97 Å². The van der Waals surface area contributed by atoms with Gasteiger partial charge < -0.3 is 10.1 Å². The summed E-state index contributed by atoms with van der Waals surface area (Å²) in [5.74, 6) is -4.87. The predicted octanol–water partition coefficient (Wildman–Crippen LogP) is 6.23. The van der Waals surface area contributed by atoms with Gasteiger partial charge in [-0.2, -0.15) is 0 Å². The Hall–Kier alpha value is -4.55. The first-order valence-electron chi connectivity index (χ1n) is 11.9. The number of Topliss-reactive ketones (excluding diaryl/α,β-unsaturated/α-hetero) is 2. The van der Waals surface area contributed by atoms with Crippen LogP contribution in [0.2, 0.25) is 5.02 Å². The summed E-state index contributed by atoms with van der Waals surface area (Å²) >= 11 is 6.02. The Morgan fingerprint density at radius 3 is 2.24 bits per heavy atom. The fourth-order valence-corrected chi connectivity index (χ4v) is 4.87. The van der Waals surface area contributed by atoms with Crippen LogP contribution >= 0.6 is 11.6 Å². The molecule has 6 nitrogen and oxygen atoms in total. The van der Waals surface area contributed by atoms with Crippen LogP contribution in [0.1, 0.15) is 37.9 Å². The van der Waals surface area contributed by atoms with E-state index in [0.717, 1.165) is 5.56 Å². The molecule has 0 unspecified atom stereocenters. The van der Waals surface area contributed by atoms with Crippen LogP contribution in [0, 0.1) is 12.8 Å². The summed E-state index contributed by atoms with van der Waals surface area (Å²) in [7, 11) is 0. The second-order valence-corrected chi connectivity index (χ2v) is 9.38. The van der Waals surface area contributed by atoms with Crippen molar-refractivity contribution in [3.8, 4) is 11.1 Å². The fourth-order valence-electron chi connectivity index (χ4n) is 4.64. The van der Waals surface area contributed by atoms with Gasteiger partial charge in [-0.05, 0) is 47.9 Å². The molecule has 0 bridgehead atoms. The lowest BCUT2D eigenvalue weighted by atomic mass is 9.82. The second kappa shape index (κ2) is 10.4. The van der Waals surface area contributed by atoms with E-state index in [1.165, 1.54) is 0 Å². The SMILES string of the molecule is Cc1cc(Cl)ccc1NC(=O)C(=O)[C@H](C(=O)c1ccccc1-c1ccccc1)[C@@H]1OC(=O)c2ccccc21. The summed E-state index contributed by atoms with van der Waals surface area (Å²) in [4.78, 5) is 53.8. The summed E-state index contributed by atoms with van der Waals surface area (Å²) in [5, 5.41) is 3.07. The lowest BCUT2D eigenvalue weighted by Gasteiger charge is -2.22. The number of ether oxygens (including phenoxy) is 1. The Morgan fingerprint density at radius 1 is 0.842 bits per heavy atom. The first-order valence-corrected chi connectivity index (χ1v) is 12.3. The van der Waals surface area contributed by atoms with Crippen molar-refractivity contribution in [3.05, 3.63) is 124 Å². The number of ketones is 2. The molecule has 1 amide bonds. The normalized spacial score (nSPS) is 14.8. The Bertz CT molecular complexity index is 1580. The molecule has 188 valence electrons. The molecule has 1 N–H and O–H groups in total. The molecule has 0 saturated heterocycles. The Balaban J connectivity index is 1.58. The first-order chi connectivity index (χ1) is 18.3. The van der Waals surface area contributed by atoms with Crippen molar-refractivity contribution < 1.29 is 23.9 Å². The number of carbonyl (C=O) groups is 4. The van der Waals surface area contributed by atoms with Gasteiger partial charge in [0.2, 0.25) is 5.78 Å². The Labute approximate surface area is 224 Å². The standard InChI is InChI=1S/C31H22ClNO5/c1-18-17-20(32)15-16-25(18)33-30(36)28(35)26(29-23-13-7-8-14-24(23)31(37)38-29)27(34)22-12-6-5-11-21(22)19-9-3-2-4-10-19/h2-17,26,29H,1H3,(H,33,36)/t26-,29+/m0/s1. The lowest BCUT2D eigenvalue weighted by Crippen LogP contribution is -2.38. The minimum atomic E-state index is -1.60. The highest BCUT2D eigenvalue weighted by molar-refractivity contribution is 6.45. The van der Waals surface area contributed by atoms with Gasteiger partial charge in [0.1, 0.15) is 12.0 Å². The molecule has 0 saturated carbocycles. The number of amides is 1. The third-order valence-corrected chi connectivity index (χ3v) is 6.76. The molecule has 0 aliphatic carbocycles.